The van der Waals surface area contributed by atoms with E-state index in [0.29, 0.717) is 0 Å². The Hall–Kier alpha value is -1.51. The van der Waals surface area contributed by atoms with Gasteiger partial charge >= 0.3 is 0 Å². The van der Waals surface area contributed by atoms with Gasteiger partial charge in [0.15, 0.2) is 0 Å². The summed E-state index contributed by atoms with van der Waals surface area (Å²) in [5.41, 5.74) is 1.19. The molecule has 1 aliphatic rings. The minimum Gasteiger partial charge on any atom is -0.311 e. The molecule has 3 nitrogen and oxygen atoms in total. The van der Waals surface area contributed by atoms with Gasteiger partial charge in [-0.25, -0.2) is 0 Å². The Morgan fingerprint density at radius 3 is 2.58 bits per heavy atom. The molecule has 0 saturated carbocycles. The Balaban J connectivity index is 2.18. The Bertz CT molecular complexity index is 281. The number of benzene rings is 1. The first-order valence-electron chi connectivity index (χ1n) is 3.93. The van der Waals surface area contributed by atoms with Gasteiger partial charge in [0.05, 0.1) is 0 Å². The molecule has 62 valence electrons. The number of para-hydroxylation sites is 1. The largest absolute Gasteiger partial charge is 0.311 e. The Labute approximate surface area is 71.9 Å². The van der Waals surface area contributed by atoms with Crippen LogP contribution in [0.25, 0.3) is 0 Å². The molecule has 2 rings (SSSR count). The number of hydrogen-bond donors (Lipinski definition) is 0. The van der Waals surface area contributed by atoms with Crippen LogP contribution in [-0.4, -0.2) is 25.1 Å². The van der Waals surface area contributed by atoms with Crippen LogP contribution in [0.4, 0.5) is 5.69 Å². The number of hydrazone groups is 1. The minimum absolute atomic E-state index is 0.837. The van der Waals surface area contributed by atoms with Gasteiger partial charge in [0.1, 0.15) is 13.0 Å². The van der Waals surface area contributed by atoms with Crippen molar-refractivity contribution < 1.29 is 0 Å². The van der Waals surface area contributed by atoms with E-state index in [1.807, 2.05) is 36.6 Å². The van der Waals surface area contributed by atoms with Crippen LogP contribution in [-0.2, 0) is 0 Å². The van der Waals surface area contributed by atoms with E-state index < -0.39 is 0 Å². The van der Waals surface area contributed by atoms with Crippen LogP contribution < -0.4 is 4.90 Å². The van der Waals surface area contributed by atoms with Crippen LogP contribution in [0.2, 0.25) is 0 Å². The third kappa shape index (κ3) is 1.25. The lowest BCUT2D eigenvalue weighted by Gasteiger charge is -2.15. The summed E-state index contributed by atoms with van der Waals surface area (Å²) in [6.45, 7) is 0.837. The lowest BCUT2D eigenvalue weighted by Crippen LogP contribution is -2.23. The van der Waals surface area contributed by atoms with Gasteiger partial charge < -0.3 is 4.90 Å². The minimum atomic E-state index is 0.837. The predicted molar refractivity (Wildman–Crippen MR) is 50.0 cm³/mol. The van der Waals surface area contributed by atoms with Crippen molar-refractivity contribution in [2.24, 2.45) is 5.10 Å². The lowest BCUT2D eigenvalue weighted by atomic mass is 10.3. The van der Waals surface area contributed by atoms with Gasteiger partial charge in [0, 0.05) is 12.7 Å². The van der Waals surface area contributed by atoms with Gasteiger partial charge in [-0.3, -0.25) is 5.01 Å². The normalized spacial score (nSPS) is 15.8. The smallest absolute Gasteiger partial charge is 0.117 e. The average molecular weight is 161 g/mol. The fourth-order valence-electron chi connectivity index (χ4n) is 1.21. The fraction of sp³-hybridized carbons (Fsp3) is 0.222. The zero-order chi connectivity index (χ0) is 8.39. The third-order valence-corrected chi connectivity index (χ3v) is 1.83. The van der Waals surface area contributed by atoms with Crippen LogP contribution in [0, 0.1) is 0 Å². The van der Waals surface area contributed by atoms with E-state index in [2.05, 4.69) is 22.1 Å². The average Bonchev–Trinajstić information content (AvgIpc) is 2.54. The van der Waals surface area contributed by atoms with Crippen molar-refractivity contribution in [2.45, 2.75) is 0 Å². The van der Waals surface area contributed by atoms with Crippen LogP contribution >= 0.6 is 0 Å². The van der Waals surface area contributed by atoms with Crippen molar-refractivity contribution in [1.29, 1.82) is 0 Å². The van der Waals surface area contributed by atoms with Crippen LogP contribution in [0.3, 0.4) is 0 Å². The van der Waals surface area contributed by atoms with E-state index in [1.165, 1.54) is 5.69 Å². The lowest BCUT2D eigenvalue weighted by molar-refractivity contribution is 0.393. The van der Waals surface area contributed by atoms with Crippen molar-refractivity contribution >= 4 is 12.0 Å². The van der Waals surface area contributed by atoms with E-state index >= 15 is 0 Å². The van der Waals surface area contributed by atoms with E-state index in [1.54, 1.807) is 0 Å². The number of hydrogen-bond acceptors (Lipinski definition) is 3. The highest BCUT2D eigenvalue weighted by Gasteiger charge is 2.10. The van der Waals surface area contributed by atoms with Crippen molar-refractivity contribution in [3.63, 3.8) is 0 Å². The molecule has 0 aliphatic carbocycles. The maximum absolute atomic E-state index is 4.13. The summed E-state index contributed by atoms with van der Waals surface area (Å²) in [5, 5.41) is 6.02. The Morgan fingerprint density at radius 1 is 1.25 bits per heavy atom. The van der Waals surface area contributed by atoms with Gasteiger partial charge in [0.25, 0.3) is 0 Å². The van der Waals surface area contributed by atoms with E-state index in [-0.39, 0.29) is 0 Å². The van der Waals surface area contributed by atoms with Gasteiger partial charge in [-0.05, 0) is 12.1 Å². The van der Waals surface area contributed by atoms with Gasteiger partial charge in [-0.1, -0.05) is 18.2 Å². The summed E-state index contributed by atoms with van der Waals surface area (Å²) in [6.07, 6.45) is 1.84. The van der Waals surface area contributed by atoms with Crippen molar-refractivity contribution in [1.82, 2.24) is 5.01 Å². The van der Waals surface area contributed by atoms with Crippen LogP contribution in [0.15, 0.2) is 35.4 Å². The second-order valence-corrected chi connectivity index (χ2v) is 2.84. The summed E-state index contributed by atoms with van der Waals surface area (Å²) in [7, 11) is 1.96. The topological polar surface area (TPSA) is 18.8 Å². The molecule has 0 amide bonds. The number of nitrogens with zero attached hydrogens (tertiary/aromatic N) is 3. The zero-order valence-electron chi connectivity index (χ0n) is 7.01. The molecule has 0 atom stereocenters. The van der Waals surface area contributed by atoms with Crippen molar-refractivity contribution in [3.05, 3.63) is 30.3 Å². The Kier molecular flexibility index (Phi) is 1.70. The van der Waals surface area contributed by atoms with Crippen molar-refractivity contribution in [3.8, 4) is 0 Å². The van der Waals surface area contributed by atoms with Gasteiger partial charge in [-0.2, -0.15) is 5.10 Å². The first-order chi connectivity index (χ1) is 5.86. The molecule has 0 radical (unpaired) electrons. The molecule has 3 heteroatoms. The third-order valence-electron chi connectivity index (χ3n) is 1.83. The highest BCUT2D eigenvalue weighted by atomic mass is 15.6. The molecule has 1 heterocycles. The summed E-state index contributed by atoms with van der Waals surface area (Å²) < 4.78 is 0. The predicted octanol–water partition coefficient (Wildman–Crippen LogP) is 1.34. The molecule has 0 N–H and O–H groups in total. The summed E-state index contributed by atoms with van der Waals surface area (Å²) >= 11 is 0. The monoisotopic (exact) mass is 161 g/mol. The van der Waals surface area contributed by atoms with Crippen LogP contribution in [0.1, 0.15) is 0 Å². The molecular weight excluding hydrogens is 150 g/mol. The molecule has 0 fully saturated rings. The molecular formula is C9H11N3. The molecule has 1 aromatic carbocycles. The van der Waals surface area contributed by atoms with E-state index in [9.17, 15) is 0 Å². The molecule has 0 bridgehead atoms. The van der Waals surface area contributed by atoms with E-state index in [0.717, 1.165) is 6.67 Å². The second-order valence-electron chi connectivity index (χ2n) is 2.84. The van der Waals surface area contributed by atoms with Gasteiger partial charge in [-0.15, -0.1) is 0 Å². The quantitative estimate of drug-likeness (QED) is 0.619. The van der Waals surface area contributed by atoms with Crippen molar-refractivity contribution in [2.75, 3.05) is 18.6 Å². The van der Waals surface area contributed by atoms with E-state index in [4.69, 9.17) is 0 Å². The summed E-state index contributed by atoms with van der Waals surface area (Å²) in [4.78, 5) is 2.10. The first kappa shape index (κ1) is 7.16. The molecule has 1 aromatic rings. The SMILES string of the molecule is CN1CN(c2ccccc2)C=N1. The molecule has 0 unspecified atom stereocenters. The number of anilines is 1. The highest BCUT2D eigenvalue weighted by Crippen LogP contribution is 2.14. The Morgan fingerprint density at radius 2 is 2.00 bits per heavy atom. The van der Waals surface area contributed by atoms with Crippen LogP contribution in [0.5, 0.6) is 0 Å². The second kappa shape index (κ2) is 2.85. The van der Waals surface area contributed by atoms with Gasteiger partial charge in [0.2, 0.25) is 0 Å². The first-order valence-corrected chi connectivity index (χ1v) is 3.93. The zero-order valence-corrected chi connectivity index (χ0v) is 7.01. The molecule has 0 spiro atoms. The molecule has 0 aromatic heterocycles. The number of rotatable bonds is 1. The molecule has 12 heavy (non-hydrogen) atoms. The highest BCUT2D eigenvalue weighted by molar-refractivity contribution is 5.79. The molecule has 0 saturated heterocycles. The summed E-state index contributed by atoms with van der Waals surface area (Å²) in [5.74, 6) is 0. The standard InChI is InChI=1S/C9H11N3/c1-11-8-12(7-10-11)9-5-3-2-4-6-9/h2-7H,8H2,1H3. The maximum Gasteiger partial charge on any atom is 0.117 e. The maximum atomic E-state index is 4.13. The molecule has 1 aliphatic heterocycles. The summed E-state index contributed by atoms with van der Waals surface area (Å²) in [6, 6.07) is 10.2. The fourth-order valence-corrected chi connectivity index (χ4v) is 1.21.